The highest BCUT2D eigenvalue weighted by atomic mass is 32.1. The molecule has 0 radical (unpaired) electrons. The number of hydrogen-bond acceptors (Lipinski definition) is 4. The van der Waals surface area contributed by atoms with Crippen LogP contribution in [0.4, 0.5) is 0 Å². The zero-order valence-corrected chi connectivity index (χ0v) is 14.8. The van der Waals surface area contributed by atoms with Crippen LogP contribution >= 0.6 is 11.3 Å². The fourth-order valence-corrected chi connectivity index (χ4v) is 3.63. The van der Waals surface area contributed by atoms with Gasteiger partial charge in [-0.1, -0.05) is 18.2 Å². The molecule has 1 aromatic carbocycles. The summed E-state index contributed by atoms with van der Waals surface area (Å²) >= 11 is 1.57. The highest BCUT2D eigenvalue weighted by molar-refractivity contribution is 7.07. The van der Waals surface area contributed by atoms with Crippen molar-refractivity contribution in [3.8, 4) is 11.3 Å². The molecule has 1 unspecified atom stereocenters. The molecule has 126 valence electrons. The lowest BCUT2D eigenvalue weighted by Crippen LogP contribution is -2.35. The van der Waals surface area contributed by atoms with Crippen molar-refractivity contribution in [3.63, 3.8) is 0 Å². The Labute approximate surface area is 151 Å². The highest BCUT2D eigenvalue weighted by Crippen LogP contribution is 2.35. The van der Waals surface area contributed by atoms with Crippen LogP contribution in [-0.2, 0) is 0 Å². The van der Waals surface area contributed by atoms with E-state index in [2.05, 4.69) is 16.9 Å². The Morgan fingerprint density at radius 1 is 1.16 bits per heavy atom. The molecule has 1 aliphatic carbocycles. The minimum Gasteiger partial charge on any atom is -0.327 e. The van der Waals surface area contributed by atoms with Crippen molar-refractivity contribution in [1.29, 1.82) is 0 Å². The van der Waals surface area contributed by atoms with Crippen LogP contribution in [0.2, 0.25) is 0 Å². The van der Waals surface area contributed by atoms with E-state index in [-0.39, 0.29) is 11.9 Å². The van der Waals surface area contributed by atoms with Gasteiger partial charge in [-0.15, -0.1) is 11.3 Å². The van der Waals surface area contributed by atoms with Crippen LogP contribution in [0, 0.1) is 0 Å². The van der Waals surface area contributed by atoms with Gasteiger partial charge in [0.25, 0.3) is 5.91 Å². The van der Waals surface area contributed by atoms with Crippen molar-refractivity contribution in [2.75, 3.05) is 0 Å². The average molecular weight is 349 g/mol. The smallest absolute Gasteiger partial charge is 0.254 e. The van der Waals surface area contributed by atoms with Crippen molar-refractivity contribution >= 4 is 17.2 Å². The minimum atomic E-state index is -0.0283. The second-order valence-corrected chi connectivity index (χ2v) is 7.04. The molecule has 0 N–H and O–H groups in total. The van der Waals surface area contributed by atoms with Crippen molar-refractivity contribution in [2.45, 2.75) is 31.8 Å². The highest BCUT2D eigenvalue weighted by Gasteiger charge is 2.37. The second-order valence-electron chi connectivity index (χ2n) is 6.33. The van der Waals surface area contributed by atoms with Crippen LogP contribution in [0.5, 0.6) is 0 Å². The van der Waals surface area contributed by atoms with Gasteiger partial charge < -0.3 is 4.90 Å². The third kappa shape index (κ3) is 3.33. The third-order valence-electron chi connectivity index (χ3n) is 4.57. The van der Waals surface area contributed by atoms with Crippen LogP contribution in [0.15, 0.2) is 59.6 Å². The van der Waals surface area contributed by atoms with Gasteiger partial charge in [0.05, 0.1) is 22.9 Å². The molecular weight excluding hydrogens is 330 g/mol. The van der Waals surface area contributed by atoms with E-state index in [1.54, 1.807) is 17.5 Å². The first-order valence-electron chi connectivity index (χ1n) is 8.46. The fraction of sp³-hybridized carbons (Fsp3) is 0.250. The first-order valence-corrected chi connectivity index (χ1v) is 9.40. The zero-order valence-electron chi connectivity index (χ0n) is 14.0. The molecule has 4 nitrogen and oxygen atoms in total. The Balaban J connectivity index is 1.59. The number of nitrogens with zero attached hydrogens (tertiary/aromatic N) is 3. The molecule has 0 bridgehead atoms. The van der Waals surface area contributed by atoms with Gasteiger partial charge >= 0.3 is 0 Å². The molecule has 25 heavy (non-hydrogen) atoms. The van der Waals surface area contributed by atoms with Crippen molar-refractivity contribution in [1.82, 2.24) is 14.9 Å². The Morgan fingerprint density at radius 3 is 2.56 bits per heavy atom. The number of hydrogen-bond donors (Lipinski definition) is 0. The molecule has 0 saturated heterocycles. The monoisotopic (exact) mass is 349 g/mol. The number of benzene rings is 1. The van der Waals surface area contributed by atoms with E-state index in [9.17, 15) is 4.79 Å². The number of pyridine rings is 1. The van der Waals surface area contributed by atoms with Crippen LogP contribution in [0.25, 0.3) is 11.3 Å². The van der Waals surface area contributed by atoms with Crippen LogP contribution in [0.1, 0.15) is 41.9 Å². The standard InChI is InChI=1S/C20H19N3OS/c1-14(18-4-2-3-11-21-18)23(17-9-10-17)20(24)16-7-5-15(6-8-16)19-12-25-13-22-19/h2-8,11-14,17H,9-10H2,1H3. The summed E-state index contributed by atoms with van der Waals surface area (Å²) in [7, 11) is 0. The number of aromatic nitrogens is 2. The summed E-state index contributed by atoms with van der Waals surface area (Å²) in [6.07, 6.45) is 3.92. The average Bonchev–Trinajstić information content (AvgIpc) is 3.34. The fourth-order valence-electron chi connectivity index (χ4n) is 3.06. The van der Waals surface area contributed by atoms with Crippen LogP contribution in [-0.4, -0.2) is 26.8 Å². The molecule has 1 aliphatic rings. The maximum absolute atomic E-state index is 13.1. The summed E-state index contributed by atoms with van der Waals surface area (Å²) in [4.78, 5) is 23.9. The molecule has 0 spiro atoms. The van der Waals surface area contributed by atoms with Crippen LogP contribution < -0.4 is 0 Å². The zero-order chi connectivity index (χ0) is 17.2. The maximum Gasteiger partial charge on any atom is 0.254 e. The van der Waals surface area contributed by atoms with Gasteiger partial charge in [-0.25, -0.2) is 4.98 Å². The normalized spacial score (nSPS) is 14.9. The maximum atomic E-state index is 13.1. The summed E-state index contributed by atoms with van der Waals surface area (Å²) in [5.41, 5.74) is 5.45. The van der Waals surface area contributed by atoms with Crippen molar-refractivity contribution in [2.24, 2.45) is 0 Å². The Bertz CT molecular complexity index is 842. The molecular formula is C20H19N3OS. The summed E-state index contributed by atoms with van der Waals surface area (Å²) < 4.78 is 0. The van der Waals surface area contributed by atoms with E-state index < -0.39 is 0 Å². The topological polar surface area (TPSA) is 46.1 Å². The van der Waals surface area contributed by atoms with E-state index >= 15 is 0 Å². The quantitative estimate of drug-likeness (QED) is 0.678. The van der Waals surface area contributed by atoms with E-state index in [4.69, 9.17) is 0 Å². The molecule has 2 heterocycles. The lowest BCUT2D eigenvalue weighted by atomic mass is 10.1. The van der Waals surface area contributed by atoms with Gasteiger partial charge in [-0.2, -0.15) is 0 Å². The number of amides is 1. The largest absolute Gasteiger partial charge is 0.327 e. The molecule has 5 heteroatoms. The van der Waals surface area contributed by atoms with Crippen molar-refractivity contribution < 1.29 is 4.79 Å². The molecule has 1 fully saturated rings. The Hall–Kier alpha value is -2.53. The number of carbonyl (C=O) groups is 1. The van der Waals surface area contributed by atoms with Gasteiger partial charge in [-0.3, -0.25) is 9.78 Å². The SMILES string of the molecule is CC(c1ccccn1)N(C(=O)c1ccc(-c2cscn2)cc1)C1CC1. The van der Waals surface area contributed by atoms with Gasteiger partial charge in [0.15, 0.2) is 0 Å². The minimum absolute atomic E-state index is 0.0283. The van der Waals surface area contributed by atoms with Crippen LogP contribution in [0.3, 0.4) is 0 Å². The molecule has 3 aromatic rings. The molecule has 2 aromatic heterocycles. The Kier molecular flexibility index (Phi) is 4.32. The summed E-state index contributed by atoms with van der Waals surface area (Å²) in [5, 5.41) is 2.01. The summed E-state index contributed by atoms with van der Waals surface area (Å²) in [6, 6.07) is 13.9. The molecule has 0 aliphatic heterocycles. The third-order valence-corrected chi connectivity index (χ3v) is 5.15. The predicted octanol–water partition coefficient (Wildman–Crippen LogP) is 4.57. The van der Waals surface area contributed by atoms with Gasteiger partial charge in [0.2, 0.25) is 0 Å². The summed E-state index contributed by atoms with van der Waals surface area (Å²) in [5.74, 6) is 0.0745. The van der Waals surface area contributed by atoms with Crippen molar-refractivity contribution in [3.05, 3.63) is 70.8 Å². The summed E-state index contributed by atoms with van der Waals surface area (Å²) in [6.45, 7) is 2.06. The molecule has 1 atom stereocenters. The van der Waals surface area contributed by atoms with E-state index in [0.29, 0.717) is 11.6 Å². The predicted molar refractivity (Wildman–Crippen MR) is 99.4 cm³/mol. The number of rotatable bonds is 5. The second kappa shape index (κ2) is 6.76. The first-order chi connectivity index (χ1) is 12.2. The molecule has 1 saturated carbocycles. The van der Waals surface area contributed by atoms with Gasteiger partial charge in [0, 0.05) is 28.7 Å². The number of thiazole rings is 1. The lowest BCUT2D eigenvalue weighted by Gasteiger charge is -2.29. The van der Waals surface area contributed by atoms with E-state index in [1.165, 1.54) is 0 Å². The first kappa shape index (κ1) is 16.0. The number of carbonyl (C=O) groups excluding carboxylic acids is 1. The lowest BCUT2D eigenvalue weighted by molar-refractivity contribution is 0.0670. The van der Waals surface area contributed by atoms with Gasteiger partial charge in [0.1, 0.15) is 0 Å². The molecule has 4 rings (SSSR count). The molecule has 1 amide bonds. The Morgan fingerprint density at radius 2 is 1.96 bits per heavy atom. The van der Waals surface area contributed by atoms with E-state index in [0.717, 1.165) is 29.8 Å². The van der Waals surface area contributed by atoms with Gasteiger partial charge in [-0.05, 0) is 44.0 Å². The van der Waals surface area contributed by atoms with E-state index in [1.807, 2.05) is 58.3 Å².